The zero-order chi connectivity index (χ0) is 14.8. The molecule has 1 atom stereocenters. The van der Waals surface area contributed by atoms with Crippen LogP contribution in [0.2, 0.25) is 5.02 Å². The molecule has 19 heavy (non-hydrogen) atoms. The summed E-state index contributed by atoms with van der Waals surface area (Å²) in [7, 11) is 0. The van der Waals surface area contributed by atoms with E-state index in [0.717, 1.165) is 6.07 Å². The molecule has 0 bridgehead atoms. The molecule has 1 aromatic rings. The Morgan fingerprint density at radius 2 is 2.00 bits per heavy atom. The highest BCUT2D eigenvalue weighted by Crippen LogP contribution is 2.31. The minimum Gasteiger partial charge on any atom is -0.480 e. The standard InChI is InChI=1S/C11H10ClF4NO2/c1-10(9(18)19,11(14,15)16)17-5-6-7(12)3-2-4-8(6)13/h2-4,17H,5H2,1H3,(H,18,19). The summed E-state index contributed by atoms with van der Waals surface area (Å²) in [4.78, 5) is 10.7. The fourth-order valence-corrected chi connectivity index (χ4v) is 1.49. The van der Waals surface area contributed by atoms with Crippen molar-refractivity contribution in [3.8, 4) is 0 Å². The molecule has 1 aromatic carbocycles. The van der Waals surface area contributed by atoms with Crippen molar-refractivity contribution in [2.24, 2.45) is 0 Å². The quantitative estimate of drug-likeness (QED) is 0.840. The van der Waals surface area contributed by atoms with Crippen LogP contribution in [0.1, 0.15) is 12.5 Å². The number of benzene rings is 1. The number of halogens is 5. The largest absolute Gasteiger partial charge is 0.480 e. The smallest absolute Gasteiger partial charge is 0.417 e. The first-order valence-electron chi connectivity index (χ1n) is 5.07. The summed E-state index contributed by atoms with van der Waals surface area (Å²) in [6, 6.07) is 3.61. The lowest BCUT2D eigenvalue weighted by Crippen LogP contribution is -2.59. The molecule has 3 nitrogen and oxygen atoms in total. The van der Waals surface area contributed by atoms with Gasteiger partial charge in [-0.05, 0) is 19.1 Å². The van der Waals surface area contributed by atoms with Gasteiger partial charge in [0.1, 0.15) is 5.82 Å². The van der Waals surface area contributed by atoms with E-state index in [2.05, 4.69) is 0 Å². The molecule has 2 N–H and O–H groups in total. The van der Waals surface area contributed by atoms with E-state index in [0.29, 0.717) is 6.92 Å². The maximum Gasteiger partial charge on any atom is 0.417 e. The number of alkyl halides is 3. The highest BCUT2D eigenvalue weighted by Gasteiger charge is 2.57. The van der Waals surface area contributed by atoms with Crippen LogP contribution in [0.25, 0.3) is 0 Å². The van der Waals surface area contributed by atoms with Crippen molar-refractivity contribution in [1.82, 2.24) is 5.32 Å². The zero-order valence-electron chi connectivity index (χ0n) is 9.68. The van der Waals surface area contributed by atoms with Crippen molar-refractivity contribution in [3.63, 3.8) is 0 Å². The molecule has 0 saturated heterocycles. The first-order valence-corrected chi connectivity index (χ1v) is 5.45. The Hall–Kier alpha value is -1.34. The number of carboxylic acids is 1. The van der Waals surface area contributed by atoms with Gasteiger partial charge in [-0.3, -0.25) is 5.32 Å². The van der Waals surface area contributed by atoms with Crippen LogP contribution in [0.15, 0.2) is 18.2 Å². The molecular formula is C11H10ClF4NO2. The molecule has 106 valence electrons. The molecule has 0 aliphatic carbocycles. The monoisotopic (exact) mass is 299 g/mol. The van der Waals surface area contributed by atoms with Gasteiger partial charge < -0.3 is 5.11 Å². The Morgan fingerprint density at radius 1 is 1.42 bits per heavy atom. The van der Waals surface area contributed by atoms with E-state index in [1.54, 1.807) is 5.32 Å². The zero-order valence-corrected chi connectivity index (χ0v) is 10.4. The first kappa shape index (κ1) is 15.7. The Balaban J connectivity index is 2.99. The minimum absolute atomic E-state index is 0.0811. The van der Waals surface area contributed by atoms with Crippen molar-refractivity contribution >= 4 is 17.6 Å². The van der Waals surface area contributed by atoms with E-state index in [9.17, 15) is 22.4 Å². The van der Waals surface area contributed by atoms with Gasteiger partial charge in [0.2, 0.25) is 5.54 Å². The first-order chi connectivity index (χ1) is 8.59. The molecule has 0 radical (unpaired) electrons. The summed E-state index contributed by atoms with van der Waals surface area (Å²) in [5, 5.41) is 10.4. The molecule has 8 heteroatoms. The molecule has 0 fully saturated rings. The summed E-state index contributed by atoms with van der Waals surface area (Å²) in [5.41, 5.74) is -3.40. The lowest BCUT2D eigenvalue weighted by molar-refractivity contribution is -0.206. The summed E-state index contributed by atoms with van der Waals surface area (Å²) in [6.45, 7) is -0.197. The van der Waals surface area contributed by atoms with Gasteiger partial charge in [-0.15, -0.1) is 0 Å². The van der Waals surface area contributed by atoms with E-state index >= 15 is 0 Å². The third-order valence-corrected chi connectivity index (χ3v) is 3.03. The lowest BCUT2D eigenvalue weighted by atomic mass is 10.0. The lowest BCUT2D eigenvalue weighted by Gasteiger charge is -2.29. The summed E-state index contributed by atoms with van der Waals surface area (Å²) in [6.07, 6.45) is -5.03. The molecule has 1 unspecified atom stereocenters. The Morgan fingerprint density at radius 3 is 2.42 bits per heavy atom. The molecule has 1 rings (SSSR count). The number of carboxylic acid groups (broad SMARTS) is 1. The summed E-state index contributed by atoms with van der Waals surface area (Å²) < 4.78 is 51.4. The fraction of sp³-hybridized carbons (Fsp3) is 0.364. The van der Waals surface area contributed by atoms with Crippen LogP contribution >= 0.6 is 11.6 Å². The highest BCUT2D eigenvalue weighted by molar-refractivity contribution is 6.31. The van der Waals surface area contributed by atoms with E-state index in [-0.39, 0.29) is 10.6 Å². The number of aliphatic carboxylic acids is 1. The van der Waals surface area contributed by atoms with Gasteiger partial charge in [-0.2, -0.15) is 13.2 Å². The van der Waals surface area contributed by atoms with Gasteiger partial charge in [0, 0.05) is 17.1 Å². The molecule has 0 aliphatic rings. The van der Waals surface area contributed by atoms with Crippen LogP contribution in [-0.4, -0.2) is 22.8 Å². The van der Waals surface area contributed by atoms with Crippen molar-refractivity contribution < 1.29 is 27.5 Å². The number of hydrogen-bond acceptors (Lipinski definition) is 2. The average Bonchev–Trinajstić information content (AvgIpc) is 2.26. The minimum atomic E-state index is -5.03. The van der Waals surface area contributed by atoms with Crippen molar-refractivity contribution in [2.45, 2.75) is 25.2 Å². The van der Waals surface area contributed by atoms with Crippen molar-refractivity contribution in [3.05, 3.63) is 34.6 Å². The number of hydrogen-bond donors (Lipinski definition) is 2. The van der Waals surface area contributed by atoms with E-state index < -0.39 is 30.0 Å². The molecule has 0 heterocycles. The Kier molecular flexibility index (Phi) is 4.42. The highest BCUT2D eigenvalue weighted by atomic mass is 35.5. The second-order valence-corrected chi connectivity index (χ2v) is 4.39. The molecular weight excluding hydrogens is 290 g/mol. The molecule has 0 spiro atoms. The predicted molar refractivity (Wildman–Crippen MR) is 60.3 cm³/mol. The van der Waals surface area contributed by atoms with Crippen LogP contribution < -0.4 is 5.32 Å². The van der Waals surface area contributed by atoms with E-state index in [1.165, 1.54) is 12.1 Å². The van der Waals surface area contributed by atoms with Crippen molar-refractivity contribution in [2.75, 3.05) is 0 Å². The van der Waals surface area contributed by atoms with Gasteiger partial charge in [0.05, 0.1) is 0 Å². The topological polar surface area (TPSA) is 49.3 Å². The maximum atomic E-state index is 13.4. The second-order valence-electron chi connectivity index (χ2n) is 3.98. The van der Waals surface area contributed by atoms with Gasteiger partial charge in [0.25, 0.3) is 0 Å². The predicted octanol–water partition coefficient (Wildman–Crippen LogP) is 2.97. The van der Waals surface area contributed by atoms with Gasteiger partial charge in [0.15, 0.2) is 0 Å². The number of nitrogens with one attached hydrogen (secondary N) is 1. The van der Waals surface area contributed by atoms with Crippen LogP contribution in [-0.2, 0) is 11.3 Å². The normalized spacial score (nSPS) is 15.1. The van der Waals surface area contributed by atoms with Gasteiger partial charge in [-0.1, -0.05) is 17.7 Å². The Bertz CT molecular complexity index is 472. The average molecular weight is 300 g/mol. The second kappa shape index (κ2) is 5.34. The number of carbonyl (C=O) groups is 1. The molecule has 0 aromatic heterocycles. The maximum absolute atomic E-state index is 13.4. The third-order valence-electron chi connectivity index (χ3n) is 2.68. The van der Waals surface area contributed by atoms with Crippen LogP contribution in [0.5, 0.6) is 0 Å². The van der Waals surface area contributed by atoms with E-state index in [4.69, 9.17) is 16.7 Å². The number of rotatable bonds is 4. The Labute approximate surface area is 111 Å². The van der Waals surface area contributed by atoms with Crippen LogP contribution in [0.3, 0.4) is 0 Å². The van der Waals surface area contributed by atoms with Crippen LogP contribution in [0.4, 0.5) is 17.6 Å². The summed E-state index contributed by atoms with van der Waals surface area (Å²) in [5.74, 6) is -2.91. The van der Waals surface area contributed by atoms with Crippen LogP contribution in [0, 0.1) is 5.82 Å². The summed E-state index contributed by atoms with van der Waals surface area (Å²) >= 11 is 5.64. The fourth-order valence-electron chi connectivity index (χ4n) is 1.26. The molecule has 0 saturated carbocycles. The van der Waals surface area contributed by atoms with Gasteiger partial charge in [-0.25, -0.2) is 9.18 Å². The van der Waals surface area contributed by atoms with Gasteiger partial charge >= 0.3 is 12.1 Å². The van der Waals surface area contributed by atoms with E-state index in [1.807, 2.05) is 0 Å². The third kappa shape index (κ3) is 3.16. The molecule has 0 aliphatic heterocycles. The SMILES string of the molecule is CC(NCc1c(F)cccc1Cl)(C(=O)O)C(F)(F)F. The molecule has 0 amide bonds. The van der Waals surface area contributed by atoms with Crippen molar-refractivity contribution in [1.29, 1.82) is 0 Å².